The molecule has 0 aliphatic heterocycles. The van der Waals surface area contributed by atoms with E-state index in [-0.39, 0.29) is 6.04 Å². The van der Waals surface area contributed by atoms with Crippen LogP contribution >= 0.6 is 0 Å². The van der Waals surface area contributed by atoms with Crippen LogP contribution in [0.5, 0.6) is 0 Å². The average Bonchev–Trinajstić information content (AvgIpc) is 2.77. The Kier molecular flexibility index (Phi) is 3.06. The number of rotatable bonds is 3. The van der Waals surface area contributed by atoms with Crippen LogP contribution < -0.4 is 5.73 Å². The zero-order valence-electron chi connectivity index (χ0n) is 9.72. The first kappa shape index (κ1) is 10.9. The van der Waals surface area contributed by atoms with Gasteiger partial charge in [0, 0.05) is 30.5 Å². The van der Waals surface area contributed by atoms with Gasteiger partial charge in [0.25, 0.3) is 0 Å². The zero-order valence-corrected chi connectivity index (χ0v) is 9.72. The first-order chi connectivity index (χ1) is 7.72. The summed E-state index contributed by atoms with van der Waals surface area (Å²) in [5.41, 5.74) is 8.16. The van der Waals surface area contributed by atoms with Crippen LogP contribution in [-0.4, -0.2) is 9.55 Å². The van der Waals surface area contributed by atoms with E-state index in [4.69, 9.17) is 5.73 Å². The maximum absolute atomic E-state index is 5.88. The van der Waals surface area contributed by atoms with Gasteiger partial charge in [-0.15, -0.1) is 0 Å². The largest absolute Gasteiger partial charge is 0.324 e. The van der Waals surface area contributed by atoms with Crippen LogP contribution in [0.3, 0.4) is 0 Å². The summed E-state index contributed by atoms with van der Waals surface area (Å²) in [5, 5.41) is 0. The molecule has 1 aromatic heterocycles. The summed E-state index contributed by atoms with van der Waals surface area (Å²) < 4.78 is 2.10. The van der Waals surface area contributed by atoms with Gasteiger partial charge in [0.1, 0.15) is 5.82 Å². The molecule has 0 fully saturated rings. The lowest BCUT2D eigenvalue weighted by molar-refractivity contribution is 0.812. The van der Waals surface area contributed by atoms with Crippen LogP contribution in [0.4, 0.5) is 0 Å². The summed E-state index contributed by atoms with van der Waals surface area (Å²) in [5.74, 6) is 1.07. The fourth-order valence-electron chi connectivity index (χ4n) is 1.79. The second-order valence-electron chi connectivity index (χ2n) is 3.95. The minimum atomic E-state index is 0.0635. The van der Waals surface area contributed by atoms with Gasteiger partial charge >= 0.3 is 0 Å². The number of benzene rings is 1. The Morgan fingerprint density at radius 1 is 1.44 bits per heavy atom. The lowest BCUT2D eigenvalue weighted by Gasteiger charge is -2.10. The van der Waals surface area contributed by atoms with Crippen molar-refractivity contribution in [1.29, 1.82) is 0 Å². The Labute approximate surface area is 95.9 Å². The molecular formula is C13H17N3. The van der Waals surface area contributed by atoms with E-state index < -0.39 is 0 Å². The van der Waals surface area contributed by atoms with Crippen LogP contribution in [-0.2, 0) is 6.42 Å². The maximum Gasteiger partial charge on any atom is 0.112 e. The van der Waals surface area contributed by atoms with Crippen molar-refractivity contribution >= 4 is 0 Å². The lowest BCUT2D eigenvalue weighted by Crippen LogP contribution is -2.06. The molecule has 0 bridgehead atoms. The van der Waals surface area contributed by atoms with Crippen molar-refractivity contribution < 1.29 is 0 Å². The van der Waals surface area contributed by atoms with Crippen LogP contribution in [0.2, 0.25) is 0 Å². The molecule has 1 heterocycles. The molecule has 0 saturated carbocycles. The number of imidazole rings is 1. The molecule has 0 saturated heterocycles. The summed E-state index contributed by atoms with van der Waals surface area (Å²) in [6.07, 6.45) is 4.74. The molecule has 1 atom stereocenters. The molecule has 1 unspecified atom stereocenters. The zero-order chi connectivity index (χ0) is 11.5. The third-order valence-electron chi connectivity index (χ3n) is 2.71. The number of nitrogens with zero attached hydrogens (tertiary/aromatic N) is 2. The number of aromatic nitrogens is 2. The van der Waals surface area contributed by atoms with E-state index in [1.165, 1.54) is 0 Å². The summed E-state index contributed by atoms with van der Waals surface area (Å²) in [6, 6.07) is 8.34. The Bertz CT molecular complexity index is 472. The first-order valence-electron chi connectivity index (χ1n) is 5.60. The third kappa shape index (κ3) is 1.99. The second kappa shape index (κ2) is 4.49. The molecule has 0 aliphatic carbocycles. The van der Waals surface area contributed by atoms with Crippen molar-refractivity contribution in [1.82, 2.24) is 9.55 Å². The Hall–Kier alpha value is -1.61. The van der Waals surface area contributed by atoms with Gasteiger partial charge in [-0.1, -0.05) is 19.1 Å². The molecule has 0 radical (unpaired) electrons. The van der Waals surface area contributed by atoms with Gasteiger partial charge in [-0.3, -0.25) is 0 Å². The number of hydrogen-bond acceptors (Lipinski definition) is 2. The Morgan fingerprint density at radius 3 is 2.94 bits per heavy atom. The van der Waals surface area contributed by atoms with E-state index in [2.05, 4.69) is 34.7 Å². The minimum Gasteiger partial charge on any atom is -0.324 e. The van der Waals surface area contributed by atoms with Crippen LogP contribution in [0, 0.1) is 0 Å². The number of hydrogen-bond donors (Lipinski definition) is 1. The van der Waals surface area contributed by atoms with Crippen molar-refractivity contribution in [3.63, 3.8) is 0 Å². The summed E-state index contributed by atoms with van der Waals surface area (Å²) in [7, 11) is 0. The van der Waals surface area contributed by atoms with Crippen molar-refractivity contribution in [3.8, 4) is 5.69 Å². The predicted molar refractivity (Wildman–Crippen MR) is 65.5 cm³/mol. The topological polar surface area (TPSA) is 43.8 Å². The van der Waals surface area contributed by atoms with Crippen LogP contribution in [0.15, 0.2) is 36.7 Å². The highest BCUT2D eigenvalue weighted by Gasteiger charge is 2.05. The van der Waals surface area contributed by atoms with Crippen LogP contribution in [0.1, 0.15) is 31.3 Å². The van der Waals surface area contributed by atoms with E-state index >= 15 is 0 Å². The molecule has 2 N–H and O–H groups in total. The normalized spacial score (nSPS) is 12.7. The highest BCUT2D eigenvalue weighted by molar-refractivity contribution is 5.38. The minimum absolute atomic E-state index is 0.0635. The van der Waals surface area contributed by atoms with Crippen molar-refractivity contribution in [2.75, 3.05) is 0 Å². The fraction of sp³-hybridized carbons (Fsp3) is 0.308. The quantitative estimate of drug-likeness (QED) is 0.854. The summed E-state index contributed by atoms with van der Waals surface area (Å²) in [4.78, 5) is 4.32. The average molecular weight is 215 g/mol. The van der Waals surface area contributed by atoms with E-state index in [0.717, 1.165) is 23.5 Å². The molecule has 3 heteroatoms. The van der Waals surface area contributed by atoms with Gasteiger partial charge < -0.3 is 10.3 Å². The van der Waals surface area contributed by atoms with E-state index in [0.29, 0.717) is 0 Å². The van der Waals surface area contributed by atoms with Gasteiger partial charge in [-0.25, -0.2) is 4.98 Å². The van der Waals surface area contributed by atoms with Crippen molar-refractivity contribution in [3.05, 3.63) is 48.0 Å². The van der Waals surface area contributed by atoms with Gasteiger partial charge in [-0.05, 0) is 24.6 Å². The van der Waals surface area contributed by atoms with Gasteiger partial charge in [0.05, 0.1) is 0 Å². The maximum atomic E-state index is 5.88. The molecular weight excluding hydrogens is 198 g/mol. The van der Waals surface area contributed by atoms with E-state index in [1.807, 2.05) is 25.4 Å². The van der Waals surface area contributed by atoms with Gasteiger partial charge in [0.2, 0.25) is 0 Å². The molecule has 1 aromatic carbocycles. The molecule has 2 aromatic rings. The smallest absolute Gasteiger partial charge is 0.112 e. The summed E-state index contributed by atoms with van der Waals surface area (Å²) in [6.45, 7) is 4.10. The lowest BCUT2D eigenvalue weighted by atomic mass is 10.1. The van der Waals surface area contributed by atoms with Crippen LogP contribution in [0.25, 0.3) is 5.69 Å². The van der Waals surface area contributed by atoms with E-state index in [1.54, 1.807) is 0 Å². The Balaban J connectivity index is 2.44. The fourth-order valence-corrected chi connectivity index (χ4v) is 1.79. The highest BCUT2D eigenvalue weighted by atomic mass is 15.1. The molecule has 84 valence electrons. The standard InChI is InChI=1S/C13H17N3/c1-3-13-15-7-8-16(13)12-6-4-5-11(9-12)10(2)14/h4-10H,3,14H2,1-2H3. The molecule has 0 spiro atoms. The number of nitrogens with two attached hydrogens (primary N) is 1. The van der Waals surface area contributed by atoms with Gasteiger partial charge in [0.15, 0.2) is 0 Å². The van der Waals surface area contributed by atoms with E-state index in [9.17, 15) is 0 Å². The molecule has 0 aliphatic rings. The molecule has 16 heavy (non-hydrogen) atoms. The monoisotopic (exact) mass is 215 g/mol. The third-order valence-corrected chi connectivity index (χ3v) is 2.71. The molecule has 0 amide bonds. The second-order valence-corrected chi connectivity index (χ2v) is 3.95. The Morgan fingerprint density at radius 2 is 2.25 bits per heavy atom. The molecule has 2 rings (SSSR count). The first-order valence-corrected chi connectivity index (χ1v) is 5.60. The van der Waals surface area contributed by atoms with Crippen molar-refractivity contribution in [2.24, 2.45) is 5.73 Å². The van der Waals surface area contributed by atoms with Crippen molar-refractivity contribution in [2.45, 2.75) is 26.3 Å². The van der Waals surface area contributed by atoms with Gasteiger partial charge in [-0.2, -0.15) is 0 Å². The highest BCUT2D eigenvalue weighted by Crippen LogP contribution is 2.16. The molecule has 3 nitrogen and oxygen atoms in total. The number of aryl methyl sites for hydroxylation is 1. The SMILES string of the molecule is CCc1nccn1-c1cccc(C(C)N)c1. The predicted octanol–water partition coefficient (Wildman–Crippen LogP) is 2.45. The summed E-state index contributed by atoms with van der Waals surface area (Å²) >= 11 is 0.